The maximum absolute atomic E-state index is 5.72. The van der Waals surface area contributed by atoms with Crippen LogP contribution < -0.4 is 5.32 Å². The normalized spacial score (nSPS) is 27.7. The third kappa shape index (κ3) is 3.60. The minimum absolute atomic E-state index is 0.350. The summed E-state index contributed by atoms with van der Waals surface area (Å²) in [7, 11) is 0. The molecule has 3 nitrogen and oxygen atoms in total. The summed E-state index contributed by atoms with van der Waals surface area (Å²) < 4.78 is 5.72. The number of ether oxygens (including phenoxy) is 1. The van der Waals surface area contributed by atoms with Crippen LogP contribution in [0, 0.1) is 0 Å². The number of hydrogen-bond donors (Lipinski definition) is 1. The van der Waals surface area contributed by atoms with Gasteiger partial charge in [0.25, 0.3) is 0 Å². The Hall–Kier alpha value is -0.900. The summed E-state index contributed by atoms with van der Waals surface area (Å²) in [5.41, 5.74) is 2.91. The molecule has 0 radical (unpaired) electrons. The van der Waals surface area contributed by atoms with Gasteiger partial charge in [-0.3, -0.25) is 4.90 Å². The van der Waals surface area contributed by atoms with Crippen molar-refractivity contribution in [3.05, 3.63) is 35.4 Å². The maximum Gasteiger partial charge on any atom is 0.0674 e. The lowest BCUT2D eigenvalue weighted by atomic mass is 10.1. The second kappa shape index (κ2) is 6.25. The molecule has 1 saturated carbocycles. The van der Waals surface area contributed by atoms with Crippen LogP contribution >= 0.6 is 0 Å². The molecule has 3 heteroatoms. The number of benzene rings is 1. The lowest BCUT2D eigenvalue weighted by Gasteiger charge is -2.37. The van der Waals surface area contributed by atoms with Gasteiger partial charge in [0.15, 0.2) is 0 Å². The van der Waals surface area contributed by atoms with Gasteiger partial charge in [-0.15, -0.1) is 0 Å². The first-order valence-corrected chi connectivity index (χ1v) is 7.88. The molecule has 1 aromatic rings. The Bertz CT molecular complexity index is 444. The molecule has 0 bridgehead atoms. The highest BCUT2D eigenvalue weighted by atomic mass is 16.5. The molecule has 2 unspecified atom stereocenters. The van der Waals surface area contributed by atoms with Crippen molar-refractivity contribution in [2.45, 2.75) is 58.0 Å². The predicted molar refractivity (Wildman–Crippen MR) is 81.6 cm³/mol. The van der Waals surface area contributed by atoms with E-state index in [1.54, 1.807) is 0 Å². The zero-order valence-corrected chi connectivity index (χ0v) is 12.6. The lowest BCUT2D eigenvalue weighted by Crippen LogP contribution is -2.46. The number of hydrogen-bond acceptors (Lipinski definition) is 3. The first kappa shape index (κ1) is 14.1. The zero-order chi connectivity index (χ0) is 13.9. The van der Waals surface area contributed by atoms with E-state index in [2.05, 4.69) is 48.3 Å². The quantitative estimate of drug-likeness (QED) is 0.893. The van der Waals surface area contributed by atoms with Crippen LogP contribution in [0.2, 0.25) is 0 Å². The number of nitrogens with one attached hydrogen (secondary N) is 1. The summed E-state index contributed by atoms with van der Waals surface area (Å²) in [5, 5.41) is 3.63. The van der Waals surface area contributed by atoms with E-state index in [4.69, 9.17) is 4.74 Å². The smallest absolute Gasteiger partial charge is 0.0674 e. The fraction of sp³-hybridized carbons (Fsp3) is 0.647. The van der Waals surface area contributed by atoms with Gasteiger partial charge in [0.05, 0.1) is 12.7 Å². The van der Waals surface area contributed by atoms with Crippen LogP contribution in [0.3, 0.4) is 0 Å². The standard InChI is InChI=1S/C17H26N2O/c1-13-12-20-14(2)10-19(13)11-16-6-4-3-5-15(16)9-18-17-7-8-17/h3-6,13-14,17-18H,7-12H2,1-2H3. The molecule has 1 aliphatic heterocycles. The molecule has 1 aromatic carbocycles. The van der Waals surface area contributed by atoms with Gasteiger partial charge in [0, 0.05) is 31.7 Å². The highest BCUT2D eigenvalue weighted by Crippen LogP contribution is 2.21. The van der Waals surface area contributed by atoms with E-state index in [0.717, 1.165) is 32.3 Å². The molecule has 0 amide bonds. The summed E-state index contributed by atoms with van der Waals surface area (Å²) in [5.74, 6) is 0. The molecule has 1 N–H and O–H groups in total. The van der Waals surface area contributed by atoms with Crippen molar-refractivity contribution in [2.75, 3.05) is 13.2 Å². The first-order valence-electron chi connectivity index (χ1n) is 7.88. The van der Waals surface area contributed by atoms with Gasteiger partial charge >= 0.3 is 0 Å². The number of morpholine rings is 1. The van der Waals surface area contributed by atoms with Crippen LogP contribution in [0.15, 0.2) is 24.3 Å². The Morgan fingerprint density at radius 1 is 1.20 bits per heavy atom. The molecule has 110 valence electrons. The van der Waals surface area contributed by atoms with E-state index in [1.807, 2.05) is 0 Å². The molecule has 2 fully saturated rings. The summed E-state index contributed by atoms with van der Waals surface area (Å²) >= 11 is 0. The molecule has 0 aromatic heterocycles. The molecule has 0 spiro atoms. The summed E-state index contributed by atoms with van der Waals surface area (Å²) in [6.07, 6.45) is 3.04. The Morgan fingerprint density at radius 3 is 2.70 bits per heavy atom. The highest BCUT2D eigenvalue weighted by molar-refractivity contribution is 5.27. The third-order valence-electron chi connectivity index (χ3n) is 4.39. The minimum atomic E-state index is 0.350. The van der Waals surface area contributed by atoms with Crippen LogP contribution in [0.1, 0.15) is 37.8 Å². The van der Waals surface area contributed by atoms with Crippen molar-refractivity contribution in [1.29, 1.82) is 0 Å². The molecule has 20 heavy (non-hydrogen) atoms. The van der Waals surface area contributed by atoms with Gasteiger partial charge in [0.1, 0.15) is 0 Å². The lowest BCUT2D eigenvalue weighted by molar-refractivity contribution is -0.0527. The molecule has 2 aliphatic rings. The van der Waals surface area contributed by atoms with Gasteiger partial charge in [-0.25, -0.2) is 0 Å². The number of nitrogens with zero attached hydrogens (tertiary/aromatic N) is 1. The topological polar surface area (TPSA) is 24.5 Å². The van der Waals surface area contributed by atoms with Crippen molar-refractivity contribution >= 4 is 0 Å². The van der Waals surface area contributed by atoms with Crippen molar-refractivity contribution in [3.63, 3.8) is 0 Å². The van der Waals surface area contributed by atoms with Crippen LogP contribution in [-0.4, -0.2) is 36.2 Å². The van der Waals surface area contributed by atoms with E-state index in [1.165, 1.54) is 24.0 Å². The Labute approximate surface area is 122 Å². The second-order valence-corrected chi connectivity index (χ2v) is 6.35. The second-order valence-electron chi connectivity index (χ2n) is 6.35. The van der Waals surface area contributed by atoms with Crippen LogP contribution in [-0.2, 0) is 17.8 Å². The SMILES string of the molecule is CC1CN(Cc2ccccc2CNC2CC2)C(C)CO1. The molecule has 1 saturated heterocycles. The van der Waals surface area contributed by atoms with Gasteiger partial charge in [-0.2, -0.15) is 0 Å². The fourth-order valence-electron chi connectivity index (χ4n) is 2.84. The van der Waals surface area contributed by atoms with Gasteiger partial charge in [-0.05, 0) is 37.8 Å². The summed E-state index contributed by atoms with van der Waals surface area (Å²) in [6.45, 7) is 8.36. The van der Waals surface area contributed by atoms with E-state index in [0.29, 0.717) is 12.1 Å². The van der Waals surface area contributed by atoms with E-state index >= 15 is 0 Å². The fourth-order valence-corrected chi connectivity index (χ4v) is 2.84. The van der Waals surface area contributed by atoms with Crippen molar-refractivity contribution in [1.82, 2.24) is 10.2 Å². The van der Waals surface area contributed by atoms with Crippen molar-refractivity contribution in [2.24, 2.45) is 0 Å². The predicted octanol–water partition coefficient (Wildman–Crippen LogP) is 2.55. The van der Waals surface area contributed by atoms with Gasteiger partial charge < -0.3 is 10.1 Å². The van der Waals surface area contributed by atoms with E-state index < -0.39 is 0 Å². The Morgan fingerprint density at radius 2 is 1.95 bits per heavy atom. The van der Waals surface area contributed by atoms with E-state index in [9.17, 15) is 0 Å². The highest BCUT2D eigenvalue weighted by Gasteiger charge is 2.24. The third-order valence-corrected chi connectivity index (χ3v) is 4.39. The molecule has 3 rings (SSSR count). The average molecular weight is 274 g/mol. The molecule has 2 atom stereocenters. The summed E-state index contributed by atoms with van der Waals surface area (Å²) in [6, 6.07) is 10.1. The molecular weight excluding hydrogens is 248 g/mol. The average Bonchev–Trinajstić information content (AvgIpc) is 3.26. The van der Waals surface area contributed by atoms with E-state index in [-0.39, 0.29) is 0 Å². The minimum Gasteiger partial charge on any atom is -0.376 e. The Balaban J connectivity index is 1.65. The number of rotatable bonds is 5. The first-order chi connectivity index (χ1) is 9.72. The maximum atomic E-state index is 5.72. The monoisotopic (exact) mass is 274 g/mol. The molecule has 1 heterocycles. The van der Waals surface area contributed by atoms with Crippen LogP contribution in [0.5, 0.6) is 0 Å². The van der Waals surface area contributed by atoms with Crippen molar-refractivity contribution in [3.8, 4) is 0 Å². The van der Waals surface area contributed by atoms with Gasteiger partial charge in [0.2, 0.25) is 0 Å². The molecule has 1 aliphatic carbocycles. The van der Waals surface area contributed by atoms with Crippen LogP contribution in [0.25, 0.3) is 0 Å². The molecular formula is C17H26N2O. The van der Waals surface area contributed by atoms with Crippen molar-refractivity contribution < 1.29 is 4.74 Å². The zero-order valence-electron chi connectivity index (χ0n) is 12.6. The van der Waals surface area contributed by atoms with Gasteiger partial charge in [-0.1, -0.05) is 24.3 Å². The Kier molecular flexibility index (Phi) is 4.39. The summed E-state index contributed by atoms with van der Waals surface area (Å²) in [4.78, 5) is 2.55. The largest absolute Gasteiger partial charge is 0.376 e. The van der Waals surface area contributed by atoms with Crippen LogP contribution in [0.4, 0.5) is 0 Å².